The highest BCUT2D eigenvalue weighted by molar-refractivity contribution is 5.99. The third-order valence-electron chi connectivity index (χ3n) is 7.34. The lowest BCUT2D eigenvalue weighted by Gasteiger charge is -2.34. The number of ether oxygens (including phenoxy) is 1. The van der Waals surface area contributed by atoms with Crippen molar-refractivity contribution >= 4 is 17.7 Å². The maximum absolute atomic E-state index is 13.4. The highest BCUT2D eigenvalue weighted by Crippen LogP contribution is 2.29. The van der Waals surface area contributed by atoms with Crippen molar-refractivity contribution < 1.29 is 19.1 Å². The minimum atomic E-state index is -0.379. The molecule has 2 unspecified atom stereocenters. The molecule has 0 spiro atoms. The van der Waals surface area contributed by atoms with Gasteiger partial charge in [0.1, 0.15) is 0 Å². The third kappa shape index (κ3) is 5.37. The zero-order chi connectivity index (χ0) is 24.2. The third-order valence-corrected chi connectivity index (χ3v) is 7.34. The molecule has 1 aromatic heterocycles. The molecule has 2 atom stereocenters. The van der Waals surface area contributed by atoms with Crippen LogP contribution in [0.5, 0.6) is 0 Å². The Morgan fingerprint density at radius 1 is 1.03 bits per heavy atom. The second kappa shape index (κ2) is 10.6. The molecule has 1 aliphatic carbocycles. The van der Waals surface area contributed by atoms with Crippen LogP contribution in [0.2, 0.25) is 0 Å². The van der Waals surface area contributed by atoms with Crippen LogP contribution in [0.4, 0.5) is 0 Å². The van der Waals surface area contributed by atoms with Gasteiger partial charge in [-0.1, -0.05) is 37.5 Å². The molecule has 8 nitrogen and oxygen atoms in total. The van der Waals surface area contributed by atoms with Crippen molar-refractivity contribution in [3.05, 3.63) is 65.5 Å². The summed E-state index contributed by atoms with van der Waals surface area (Å²) in [6.07, 6.45) is 8.76. The van der Waals surface area contributed by atoms with E-state index in [1.807, 2.05) is 35.2 Å². The Bertz CT molecular complexity index is 1070. The van der Waals surface area contributed by atoms with Crippen molar-refractivity contribution in [2.75, 3.05) is 19.6 Å². The minimum Gasteiger partial charge on any atom is -0.370 e. The highest BCUT2D eigenvalue weighted by Gasteiger charge is 2.37. The van der Waals surface area contributed by atoms with E-state index in [2.05, 4.69) is 10.3 Å². The summed E-state index contributed by atoms with van der Waals surface area (Å²) in [6, 6.07) is 11.0. The van der Waals surface area contributed by atoms with Crippen molar-refractivity contribution in [3.63, 3.8) is 0 Å². The Kier molecular flexibility index (Phi) is 7.08. The lowest BCUT2D eigenvalue weighted by Crippen LogP contribution is -2.46. The predicted molar refractivity (Wildman–Crippen MR) is 129 cm³/mol. The molecule has 2 aliphatic heterocycles. The van der Waals surface area contributed by atoms with E-state index in [9.17, 15) is 14.4 Å². The summed E-state index contributed by atoms with van der Waals surface area (Å²) >= 11 is 0. The van der Waals surface area contributed by atoms with Gasteiger partial charge in [-0.3, -0.25) is 19.4 Å². The van der Waals surface area contributed by atoms with Crippen LogP contribution in [0.3, 0.4) is 0 Å². The van der Waals surface area contributed by atoms with E-state index in [0.29, 0.717) is 25.3 Å². The van der Waals surface area contributed by atoms with Crippen molar-refractivity contribution in [2.24, 2.45) is 0 Å². The summed E-state index contributed by atoms with van der Waals surface area (Å²) in [4.78, 5) is 46.7. The number of carbonyl (C=O) groups is 3. The van der Waals surface area contributed by atoms with Crippen LogP contribution in [-0.2, 0) is 20.9 Å². The standard InChI is InChI=1S/C27H32N4O4/c32-25(14-24-22-8-4-5-9-23(22)27(34)29-24)30-15-21(35-18-19-10-12-28-13-11-19)16-31(26(33)17-30)20-6-2-1-3-7-20/h4-5,8-13,20-21,24H,1-3,6-7,14-18H2,(H,29,34). The summed E-state index contributed by atoms with van der Waals surface area (Å²) in [5.41, 5.74) is 2.45. The number of carbonyl (C=O) groups excluding carboxylic acids is 3. The fourth-order valence-corrected chi connectivity index (χ4v) is 5.46. The first-order valence-electron chi connectivity index (χ1n) is 12.6. The Labute approximate surface area is 205 Å². The van der Waals surface area contributed by atoms with Gasteiger partial charge < -0.3 is 19.9 Å². The van der Waals surface area contributed by atoms with Crippen LogP contribution in [0.25, 0.3) is 0 Å². The number of amides is 3. The largest absolute Gasteiger partial charge is 0.370 e. The molecule has 1 saturated heterocycles. The zero-order valence-electron chi connectivity index (χ0n) is 19.9. The number of aromatic nitrogens is 1. The molecule has 3 amide bonds. The van der Waals surface area contributed by atoms with Gasteiger partial charge in [-0.15, -0.1) is 0 Å². The smallest absolute Gasteiger partial charge is 0.252 e. The van der Waals surface area contributed by atoms with Gasteiger partial charge in [0.15, 0.2) is 0 Å². The first kappa shape index (κ1) is 23.5. The van der Waals surface area contributed by atoms with Crippen molar-refractivity contribution in [2.45, 2.75) is 63.3 Å². The number of nitrogens with one attached hydrogen (secondary N) is 1. The molecule has 35 heavy (non-hydrogen) atoms. The lowest BCUT2D eigenvalue weighted by molar-refractivity contribution is -0.140. The fraction of sp³-hybridized carbons (Fsp3) is 0.481. The van der Waals surface area contributed by atoms with E-state index in [-0.39, 0.29) is 48.9 Å². The second-order valence-corrected chi connectivity index (χ2v) is 9.72. The van der Waals surface area contributed by atoms with Gasteiger partial charge in [-0.25, -0.2) is 0 Å². The number of hydrogen-bond acceptors (Lipinski definition) is 5. The van der Waals surface area contributed by atoms with Gasteiger partial charge in [0, 0.05) is 37.1 Å². The van der Waals surface area contributed by atoms with Gasteiger partial charge in [0.05, 0.1) is 31.7 Å². The van der Waals surface area contributed by atoms with Crippen LogP contribution in [0.1, 0.15) is 66.1 Å². The number of fused-ring (bicyclic) bond motifs is 1. The number of rotatable bonds is 6. The molecule has 184 valence electrons. The molecule has 1 aromatic carbocycles. The van der Waals surface area contributed by atoms with Crippen molar-refractivity contribution in [1.29, 1.82) is 0 Å². The van der Waals surface area contributed by atoms with Crippen molar-refractivity contribution in [3.8, 4) is 0 Å². The van der Waals surface area contributed by atoms with Crippen molar-refractivity contribution in [1.82, 2.24) is 20.1 Å². The minimum absolute atomic E-state index is 0.0175. The van der Waals surface area contributed by atoms with E-state index < -0.39 is 0 Å². The molecule has 2 fully saturated rings. The van der Waals surface area contributed by atoms with E-state index in [1.165, 1.54) is 6.42 Å². The monoisotopic (exact) mass is 476 g/mol. The molecule has 8 heteroatoms. The Morgan fingerprint density at radius 3 is 2.60 bits per heavy atom. The van der Waals surface area contributed by atoms with Gasteiger partial charge in [0.25, 0.3) is 5.91 Å². The van der Waals surface area contributed by atoms with E-state index in [4.69, 9.17) is 4.74 Å². The molecule has 5 rings (SSSR count). The van der Waals surface area contributed by atoms with Gasteiger partial charge in [-0.05, 0) is 42.2 Å². The predicted octanol–water partition coefficient (Wildman–Crippen LogP) is 2.85. The van der Waals surface area contributed by atoms with Crippen LogP contribution < -0.4 is 5.32 Å². The second-order valence-electron chi connectivity index (χ2n) is 9.72. The summed E-state index contributed by atoms with van der Waals surface area (Å²) in [5, 5.41) is 2.92. The van der Waals surface area contributed by atoms with Crippen LogP contribution in [0.15, 0.2) is 48.8 Å². The number of benzene rings is 1. The first-order valence-corrected chi connectivity index (χ1v) is 12.6. The topological polar surface area (TPSA) is 91.8 Å². The number of nitrogens with zero attached hydrogens (tertiary/aromatic N) is 3. The van der Waals surface area contributed by atoms with Crippen LogP contribution in [0, 0.1) is 0 Å². The summed E-state index contributed by atoms with van der Waals surface area (Å²) in [5.74, 6) is -0.327. The van der Waals surface area contributed by atoms with Gasteiger partial charge >= 0.3 is 0 Å². The summed E-state index contributed by atoms with van der Waals surface area (Å²) in [7, 11) is 0. The molecule has 3 heterocycles. The molecule has 2 aromatic rings. The summed E-state index contributed by atoms with van der Waals surface area (Å²) in [6.45, 7) is 1.28. The Balaban J connectivity index is 1.31. The Morgan fingerprint density at radius 2 is 1.80 bits per heavy atom. The first-order chi connectivity index (χ1) is 17.1. The van der Waals surface area contributed by atoms with E-state index in [0.717, 1.165) is 36.8 Å². The van der Waals surface area contributed by atoms with Gasteiger partial charge in [0.2, 0.25) is 11.8 Å². The normalized spacial score (nSPS) is 23.1. The lowest BCUT2D eigenvalue weighted by atomic mass is 9.94. The average molecular weight is 477 g/mol. The maximum Gasteiger partial charge on any atom is 0.252 e. The number of hydrogen-bond donors (Lipinski definition) is 1. The van der Waals surface area contributed by atoms with Crippen LogP contribution in [-0.4, -0.2) is 64.3 Å². The molecule has 3 aliphatic rings. The molecule has 1 saturated carbocycles. The molecular weight excluding hydrogens is 444 g/mol. The molecule has 0 bridgehead atoms. The molecule has 1 N–H and O–H groups in total. The quantitative estimate of drug-likeness (QED) is 0.692. The van der Waals surface area contributed by atoms with Gasteiger partial charge in [-0.2, -0.15) is 0 Å². The Hall–Kier alpha value is -3.26. The highest BCUT2D eigenvalue weighted by atomic mass is 16.5. The van der Waals surface area contributed by atoms with Crippen LogP contribution >= 0.6 is 0 Å². The van der Waals surface area contributed by atoms with E-state index >= 15 is 0 Å². The molecule has 0 radical (unpaired) electrons. The number of pyridine rings is 1. The zero-order valence-corrected chi connectivity index (χ0v) is 19.9. The maximum atomic E-state index is 13.4. The average Bonchev–Trinajstić information content (AvgIpc) is 3.09. The summed E-state index contributed by atoms with van der Waals surface area (Å²) < 4.78 is 6.26. The fourth-order valence-electron chi connectivity index (χ4n) is 5.46. The molecular formula is C27H32N4O4. The SMILES string of the molecule is O=C1NC(CC(=O)N2CC(=O)N(C3CCCCC3)CC(OCc3ccncc3)C2)c2ccccc21. The van der Waals surface area contributed by atoms with E-state index in [1.54, 1.807) is 23.4 Å².